The molecule has 1 atom stereocenters. The number of carbonyl (C=O) groups is 2. The number of hydrogen-bond acceptors (Lipinski definition) is 4. The summed E-state index contributed by atoms with van der Waals surface area (Å²) < 4.78 is 11.3. The maximum atomic E-state index is 12.8. The fourth-order valence-corrected chi connectivity index (χ4v) is 4.19. The molecular weight excluding hydrogens is 328 g/mol. The summed E-state index contributed by atoms with van der Waals surface area (Å²) in [5.74, 6) is -0.711. The summed E-state index contributed by atoms with van der Waals surface area (Å²) in [6.07, 6.45) is 14.4. The number of carbonyl (C=O) groups excluding carboxylic acids is 2. The van der Waals surface area contributed by atoms with E-state index in [1.807, 2.05) is 6.92 Å². The van der Waals surface area contributed by atoms with Gasteiger partial charge in [0.1, 0.15) is 11.7 Å². The van der Waals surface area contributed by atoms with Crippen LogP contribution in [0.15, 0.2) is 11.1 Å². The van der Waals surface area contributed by atoms with E-state index in [4.69, 9.17) is 9.47 Å². The molecular formula is C22H36O4. The SMILES string of the molecule is CCCCCCCCCC1(C)OC(=O)C(C)=C1C(=O)OC1CCCCC1. The Morgan fingerprint density at radius 1 is 1.08 bits per heavy atom. The zero-order valence-corrected chi connectivity index (χ0v) is 16.9. The first-order chi connectivity index (χ1) is 12.5. The van der Waals surface area contributed by atoms with Crippen LogP contribution >= 0.6 is 0 Å². The minimum atomic E-state index is -0.823. The first kappa shape index (κ1) is 21.0. The van der Waals surface area contributed by atoms with Crippen LogP contribution in [0.3, 0.4) is 0 Å². The van der Waals surface area contributed by atoms with Crippen molar-refractivity contribution in [3.63, 3.8) is 0 Å². The molecule has 0 spiro atoms. The van der Waals surface area contributed by atoms with Crippen molar-refractivity contribution in [3.8, 4) is 0 Å². The Kier molecular flexibility index (Phi) is 8.17. The minimum absolute atomic E-state index is 0.00457. The van der Waals surface area contributed by atoms with Crippen LogP contribution in [0.1, 0.15) is 104 Å². The Morgan fingerprint density at radius 3 is 2.35 bits per heavy atom. The number of rotatable bonds is 10. The molecule has 0 aromatic carbocycles. The summed E-state index contributed by atoms with van der Waals surface area (Å²) in [6, 6.07) is 0. The fraction of sp³-hybridized carbons (Fsp3) is 0.818. The maximum Gasteiger partial charge on any atom is 0.338 e. The molecule has 0 aromatic rings. The minimum Gasteiger partial charge on any atom is -0.459 e. The molecule has 0 bridgehead atoms. The molecule has 1 aliphatic heterocycles. The highest BCUT2D eigenvalue weighted by molar-refractivity contribution is 6.05. The van der Waals surface area contributed by atoms with Crippen molar-refractivity contribution < 1.29 is 19.1 Å². The lowest BCUT2D eigenvalue weighted by molar-refractivity contribution is -0.151. The third-order valence-electron chi connectivity index (χ3n) is 5.82. The molecule has 0 amide bonds. The molecule has 1 fully saturated rings. The zero-order chi connectivity index (χ0) is 19.0. The van der Waals surface area contributed by atoms with Crippen LogP contribution in [0.4, 0.5) is 0 Å². The van der Waals surface area contributed by atoms with Gasteiger partial charge >= 0.3 is 11.9 Å². The Hall–Kier alpha value is -1.32. The van der Waals surface area contributed by atoms with Crippen molar-refractivity contribution in [2.75, 3.05) is 0 Å². The van der Waals surface area contributed by atoms with Crippen LogP contribution in [0, 0.1) is 0 Å². The predicted molar refractivity (Wildman–Crippen MR) is 103 cm³/mol. The van der Waals surface area contributed by atoms with Gasteiger partial charge in [0.15, 0.2) is 0 Å². The molecule has 26 heavy (non-hydrogen) atoms. The lowest BCUT2D eigenvalue weighted by Gasteiger charge is -2.28. The van der Waals surface area contributed by atoms with Crippen molar-refractivity contribution in [3.05, 3.63) is 11.1 Å². The summed E-state index contributed by atoms with van der Waals surface area (Å²) in [4.78, 5) is 24.9. The van der Waals surface area contributed by atoms with Gasteiger partial charge in [-0.3, -0.25) is 0 Å². The van der Waals surface area contributed by atoms with Gasteiger partial charge in [-0.05, 0) is 52.4 Å². The van der Waals surface area contributed by atoms with Crippen LogP contribution < -0.4 is 0 Å². The van der Waals surface area contributed by atoms with Gasteiger partial charge < -0.3 is 9.47 Å². The van der Waals surface area contributed by atoms with Gasteiger partial charge in [0.25, 0.3) is 0 Å². The van der Waals surface area contributed by atoms with E-state index in [-0.39, 0.29) is 18.0 Å². The molecule has 0 saturated heterocycles. The van der Waals surface area contributed by atoms with E-state index < -0.39 is 5.60 Å². The van der Waals surface area contributed by atoms with Crippen LogP contribution in [0.2, 0.25) is 0 Å². The van der Waals surface area contributed by atoms with Crippen molar-refractivity contribution >= 4 is 11.9 Å². The average molecular weight is 365 g/mol. The van der Waals surface area contributed by atoms with Crippen molar-refractivity contribution in [1.29, 1.82) is 0 Å². The first-order valence-corrected chi connectivity index (χ1v) is 10.6. The number of esters is 2. The Bertz CT molecular complexity index is 516. The first-order valence-electron chi connectivity index (χ1n) is 10.6. The largest absolute Gasteiger partial charge is 0.459 e. The molecule has 0 radical (unpaired) electrons. The molecule has 0 N–H and O–H groups in total. The van der Waals surface area contributed by atoms with Gasteiger partial charge in [-0.15, -0.1) is 0 Å². The van der Waals surface area contributed by atoms with Crippen LogP contribution in [0.25, 0.3) is 0 Å². The number of unbranched alkanes of at least 4 members (excludes halogenated alkanes) is 6. The maximum absolute atomic E-state index is 12.8. The zero-order valence-electron chi connectivity index (χ0n) is 16.9. The fourth-order valence-electron chi connectivity index (χ4n) is 4.19. The second kappa shape index (κ2) is 10.1. The van der Waals surface area contributed by atoms with Gasteiger partial charge in [0.05, 0.1) is 5.57 Å². The summed E-state index contributed by atoms with van der Waals surface area (Å²) in [5, 5.41) is 0. The van der Waals surface area contributed by atoms with Gasteiger partial charge in [0, 0.05) is 5.57 Å². The van der Waals surface area contributed by atoms with Gasteiger partial charge in [0.2, 0.25) is 0 Å². The monoisotopic (exact) mass is 364 g/mol. The third-order valence-corrected chi connectivity index (χ3v) is 5.82. The lowest BCUT2D eigenvalue weighted by atomic mass is 9.88. The predicted octanol–water partition coefficient (Wildman–Crippen LogP) is 5.64. The van der Waals surface area contributed by atoms with Crippen LogP contribution in [-0.4, -0.2) is 23.6 Å². The molecule has 0 aromatic heterocycles. The Morgan fingerprint density at radius 2 is 1.69 bits per heavy atom. The molecule has 1 aliphatic carbocycles. The summed E-state index contributed by atoms with van der Waals surface area (Å²) >= 11 is 0. The number of ether oxygens (including phenoxy) is 2. The van der Waals surface area contributed by atoms with E-state index in [0.29, 0.717) is 17.6 Å². The molecule has 4 heteroatoms. The number of cyclic esters (lactones) is 1. The van der Waals surface area contributed by atoms with E-state index in [1.54, 1.807) is 6.92 Å². The topological polar surface area (TPSA) is 52.6 Å². The van der Waals surface area contributed by atoms with Gasteiger partial charge in [-0.2, -0.15) is 0 Å². The highest BCUT2D eigenvalue weighted by Gasteiger charge is 2.46. The van der Waals surface area contributed by atoms with Crippen LogP contribution in [0.5, 0.6) is 0 Å². The standard InChI is InChI=1S/C22H36O4/c1-4-5-6-7-8-9-13-16-22(3)19(17(2)20(23)26-22)21(24)25-18-14-11-10-12-15-18/h18H,4-16H2,1-3H3. The molecule has 1 heterocycles. The van der Waals surface area contributed by atoms with Crippen LogP contribution in [-0.2, 0) is 19.1 Å². The van der Waals surface area contributed by atoms with Crippen molar-refractivity contribution in [1.82, 2.24) is 0 Å². The van der Waals surface area contributed by atoms with E-state index in [1.165, 1.54) is 38.5 Å². The average Bonchev–Trinajstić information content (AvgIpc) is 2.84. The van der Waals surface area contributed by atoms with E-state index in [9.17, 15) is 9.59 Å². The summed E-state index contributed by atoms with van der Waals surface area (Å²) in [6.45, 7) is 5.78. The highest BCUT2D eigenvalue weighted by atomic mass is 16.6. The second-order valence-corrected chi connectivity index (χ2v) is 8.16. The molecule has 148 valence electrons. The molecule has 1 unspecified atom stereocenters. The lowest BCUT2D eigenvalue weighted by Crippen LogP contribution is -2.34. The molecule has 2 rings (SSSR count). The second-order valence-electron chi connectivity index (χ2n) is 8.16. The van der Waals surface area contributed by atoms with E-state index in [0.717, 1.165) is 38.5 Å². The van der Waals surface area contributed by atoms with Crippen molar-refractivity contribution in [2.24, 2.45) is 0 Å². The quantitative estimate of drug-likeness (QED) is 0.372. The van der Waals surface area contributed by atoms with Gasteiger partial charge in [-0.1, -0.05) is 51.9 Å². The summed E-state index contributed by atoms with van der Waals surface area (Å²) in [5.41, 5.74) is 0.0615. The normalized spacial score (nSPS) is 24.0. The molecule has 1 saturated carbocycles. The third kappa shape index (κ3) is 5.59. The Labute approximate surface area is 158 Å². The smallest absolute Gasteiger partial charge is 0.338 e. The summed E-state index contributed by atoms with van der Waals surface area (Å²) in [7, 11) is 0. The number of hydrogen-bond donors (Lipinski definition) is 0. The van der Waals surface area contributed by atoms with E-state index >= 15 is 0 Å². The highest BCUT2D eigenvalue weighted by Crippen LogP contribution is 2.38. The van der Waals surface area contributed by atoms with Gasteiger partial charge in [-0.25, -0.2) is 9.59 Å². The molecule has 4 nitrogen and oxygen atoms in total. The Balaban J connectivity index is 1.89. The van der Waals surface area contributed by atoms with Crippen molar-refractivity contribution in [2.45, 2.75) is 116 Å². The molecule has 2 aliphatic rings. The van der Waals surface area contributed by atoms with E-state index in [2.05, 4.69) is 6.92 Å².